The van der Waals surface area contributed by atoms with Crippen LogP contribution in [-0.4, -0.2) is 29.0 Å². The fraction of sp³-hybridized carbons (Fsp3) is 0.278. The van der Waals surface area contributed by atoms with Crippen molar-refractivity contribution in [1.82, 2.24) is 5.32 Å². The lowest BCUT2D eigenvalue weighted by molar-refractivity contribution is 0.175. The van der Waals surface area contributed by atoms with Crippen LogP contribution < -0.4 is 10.1 Å². The Morgan fingerprint density at radius 2 is 1.92 bits per heavy atom. The number of fused-ring (bicyclic) bond motifs is 2. The highest BCUT2D eigenvalue weighted by molar-refractivity contribution is 9.10. The summed E-state index contributed by atoms with van der Waals surface area (Å²) in [7, 11) is 0. The number of carbonyl (C=O) groups is 1. The number of hydrogen-bond acceptors (Lipinski definition) is 3. The largest absolute Gasteiger partial charge is 0.465 e. The second-order valence-electron chi connectivity index (χ2n) is 5.84. The minimum Gasteiger partial charge on any atom is -0.465 e. The van der Waals surface area contributed by atoms with Crippen LogP contribution in [0.4, 0.5) is 4.79 Å². The highest BCUT2D eigenvalue weighted by atomic mass is 79.9. The Kier molecular flexibility index (Phi) is 5.06. The Hall–Kier alpha value is -2.05. The van der Waals surface area contributed by atoms with Gasteiger partial charge in [0.25, 0.3) is 0 Å². The van der Waals surface area contributed by atoms with Crippen molar-refractivity contribution in [2.24, 2.45) is 0 Å². The molecule has 0 fully saturated rings. The van der Waals surface area contributed by atoms with Gasteiger partial charge in [-0.2, -0.15) is 0 Å². The molecule has 0 saturated heterocycles. The Morgan fingerprint density at radius 1 is 1.21 bits per heavy atom. The van der Waals surface area contributed by atoms with E-state index in [-0.39, 0.29) is 6.61 Å². The van der Waals surface area contributed by atoms with E-state index in [9.17, 15) is 9.90 Å². The van der Waals surface area contributed by atoms with Crippen molar-refractivity contribution in [3.63, 3.8) is 0 Å². The fourth-order valence-electron chi connectivity index (χ4n) is 2.86. The number of halogens is 1. The predicted octanol–water partition coefficient (Wildman–Crippen LogP) is 3.71. The lowest BCUT2D eigenvalue weighted by atomic mass is 9.96. The van der Waals surface area contributed by atoms with Crippen molar-refractivity contribution >= 4 is 22.0 Å². The Balaban J connectivity index is 1.71. The minimum absolute atomic E-state index is 0.207. The highest BCUT2D eigenvalue weighted by Gasteiger charge is 2.18. The van der Waals surface area contributed by atoms with Gasteiger partial charge in [-0.1, -0.05) is 28.1 Å². The lowest BCUT2D eigenvalue weighted by Gasteiger charge is -2.21. The van der Waals surface area contributed by atoms with Gasteiger partial charge in [-0.15, -0.1) is 0 Å². The molecule has 1 heterocycles. The maximum atomic E-state index is 10.7. The molecular formula is C18H18BrNO4. The van der Waals surface area contributed by atoms with Gasteiger partial charge in [-0.3, -0.25) is 0 Å². The number of ether oxygens (including phenoxy) is 1. The molecule has 1 aliphatic rings. The van der Waals surface area contributed by atoms with Crippen LogP contribution >= 0.6 is 15.9 Å². The summed E-state index contributed by atoms with van der Waals surface area (Å²) in [5.74, 6) is 1.74. The van der Waals surface area contributed by atoms with Crippen molar-refractivity contribution in [2.45, 2.75) is 25.3 Å². The van der Waals surface area contributed by atoms with Crippen LogP contribution in [0, 0.1) is 0 Å². The van der Waals surface area contributed by atoms with Crippen LogP contribution in [0.25, 0.3) is 0 Å². The number of amides is 1. The van der Waals surface area contributed by atoms with Gasteiger partial charge in [0.1, 0.15) is 11.5 Å². The van der Waals surface area contributed by atoms with Gasteiger partial charge in [0.15, 0.2) is 0 Å². The molecular weight excluding hydrogens is 374 g/mol. The maximum absolute atomic E-state index is 10.7. The van der Waals surface area contributed by atoms with Crippen LogP contribution in [0.15, 0.2) is 40.9 Å². The van der Waals surface area contributed by atoms with Crippen molar-refractivity contribution in [3.8, 4) is 11.5 Å². The van der Waals surface area contributed by atoms with Crippen molar-refractivity contribution in [3.05, 3.63) is 57.6 Å². The van der Waals surface area contributed by atoms with Crippen LogP contribution in [-0.2, 0) is 12.8 Å². The molecule has 3 N–H and O–H groups in total. The number of aryl methyl sites for hydroxylation is 1. The van der Waals surface area contributed by atoms with Crippen molar-refractivity contribution in [2.75, 3.05) is 6.61 Å². The van der Waals surface area contributed by atoms with Gasteiger partial charge in [0.2, 0.25) is 0 Å². The lowest BCUT2D eigenvalue weighted by Crippen LogP contribution is -2.36. The average Bonchev–Trinajstić information content (AvgIpc) is 2.56. The van der Waals surface area contributed by atoms with Crippen molar-refractivity contribution < 1.29 is 19.7 Å². The standard InChI is InChI=1S/C18H18BrNO4/c19-14-3-6-17-13(9-14)8-12-7-11(2-5-16(12)24-17)1-4-15(10-21)20-18(22)23/h2-3,5-7,9,15,20-21H,1,4,8,10H2,(H,22,23). The van der Waals surface area contributed by atoms with E-state index in [1.54, 1.807) is 0 Å². The SMILES string of the molecule is O=C(O)NC(CO)CCc1ccc2c(c1)Cc1cc(Br)ccc1O2. The molecule has 1 amide bonds. The summed E-state index contributed by atoms with van der Waals surface area (Å²) >= 11 is 3.48. The molecule has 5 nitrogen and oxygen atoms in total. The number of aliphatic hydroxyl groups excluding tert-OH is 1. The number of nitrogens with one attached hydrogen (secondary N) is 1. The van der Waals surface area contributed by atoms with Crippen molar-refractivity contribution in [1.29, 1.82) is 0 Å². The molecule has 2 aromatic rings. The quantitative estimate of drug-likeness (QED) is 0.619. The van der Waals surface area contributed by atoms with E-state index in [0.717, 1.165) is 39.1 Å². The Labute approximate surface area is 148 Å². The molecule has 24 heavy (non-hydrogen) atoms. The number of hydrogen-bond donors (Lipinski definition) is 3. The normalized spacial score (nSPS) is 13.4. The summed E-state index contributed by atoms with van der Waals surface area (Å²) in [6, 6.07) is 11.6. The minimum atomic E-state index is -1.12. The van der Waals surface area contributed by atoms with E-state index in [0.29, 0.717) is 12.8 Å². The molecule has 1 atom stereocenters. The maximum Gasteiger partial charge on any atom is 0.404 e. The van der Waals surface area contributed by atoms with E-state index in [4.69, 9.17) is 9.84 Å². The van der Waals surface area contributed by atoms with Crippen LogP contribution in [0.5, 0.6) is 11.5 Å². The van der Waals surface area contributed by atoms with Crippen LogP contribution in [0.3, 0.4) is 0 Å². The molecule has 0 aromatic heterocycles. The zero-order chi connectivity index (χ0) is 17.1. The summed E-state index contributed by atoms with van der Waals surface area (Å²) in [6.07, 6.45) is 0.916. The molecule has 3 rings (SSSR count). The van der Waals surface area contributed by atoms with E-state index in [1.807, 2.05) is 24.3 Å². The first-order valence-corrected chi connectivity index (χ1v) is 8.53. The number of aliphatic hydroxyl groups is 1. The first-order valence-electron chi connectivity index (χ1n) is 7.73. The average molecular weight is 392 g/mol. The second kappa shape index (κ2) is 7.23. The van der Waals surface area contributed by atoms with Crippen LogP contribution in [0.1, 0.15) is 23.1 Å². The van der Waals surface area contributed by atoms with Gasteiger partial charge in [0.05, 0.1) is 12.6 Å². The molecule has 1 unspecified atom stereocenters. The van der Waals surface area contributed by atoms with Crippen LogP contribution in [0.2, 0.25) is 0 Å². The number of rotatable bonds is 5. The summed E-state index contributed by atoms with van der Waals surface area (Å²) in [6.45, 7) is -0.207. The van der Waals surface area contributed by atoms with Gasteiger partial charge in [-0.25, -0.2) is 4.79 Å². The predicted molar refractivity (Wildman–Crippen MR) is 93.8 cm³/mol. The van der Waals surface area contributed by atoms with E-state index < -0.39 is 12.1 Å². The monoisotopic (exact) mass is 391 g/mol. The molecule has 0 bridgehead atoms. The zero-order valence-electron chi connectivity index (χ0n) is 13.0. The molecule has 0 radical (unpaired) electrons. The molecule has 6 heteroatoms. The van der Waals surface area contributed by atoms with E-state index >= 15 is 0 Å². The summed E-state index contributed by atoms with van der Waals surface area (Å²) < 4.78 is 6.96. The first-order chi connectivity index (χ1) is 11.5. The number of benzene rings is 2. The summed E-state index contributed by atoms with van der Waals surface area (Å²) in [4.78, 5) is 10.7. The van der Waals surface area contributed by atoms with E-state index in [1.165, 1.54) is 0 Å². The highest BCUT2D eigenvalue weighted by Crippen LogP contribution is 2.38. The molecule has 126 valence electrons. The third-order valence-electron chi connectivity index (χ3n) is 4.08. The summed E-state index contributed by atoms with van der Waals surface area (Å²) in [5.41, 5.74) is 3.35. The Morgan fingerprint density at radius 3 is 2.62 bits per heavy atom. The van der Waals surface area contributed by atoms with Gasteiger partial charge in [-0.05, 0) is 48.2 Å². The topological polar surface area (TPSA) is 78.8 Å². The molecule has 0 spiro atoms. The summed E-state index contributed by atoms with van der Waals surface area (Å²) in [5, 5.41) is 20.3. The van der Waals surface area contributed by atoms with Gasteiger partial charge in [0, 0.05) is 16.5 Å². The third-order valence-corrected chi connectivity index (χ3v) is 4.57. The van der Waals surface area contributed by atoms with E-state index in [2.05, 4.69) is 33.4 Å². The van der Waals surface area contributed by atoms with Gasteiger partial charge >= 0.3 is 6.09 Å². The second-order valence-corrected chi connectivity index (χ2v) is 6.76. The molecule has 0 saturated carbocycles. The fourth-order valence-corrected chi connectivity index (χ4v) is 3.27. The Bertz CT molecular complexity index is 763. The smallest absolute Gasteiger partial charge is 0.404 e. The molecule has 2 aromatic carbocycles. The first kappa shape index (κ1) is 16.8. The zero-order valence-corrected chi connectivity index (χ0v) is 14.5. The molecule has 1 aliphatic heterocycles. The molecule has 0 aliphatic carbocycles. The van der Waals surface area contributed by atoms with Gasteiger partial charge < -0.3 is 20.3 Å². The number of carboxylic acid groups (broad SMARTS) is 1. The third kappa shape index (κ3) is 3.88.